The van der Waals surface area contributed by atoms with Gasteiger partial charge in [-0.3, -0.25) is 0 Å². The smallest absolute Gasteiger partial charge is 0.139 e. The van der Waals surface area contributed by atoms with Crippen LogP contribution in [0.25, 0.3) is 0 Å². The average Bonchev–Trinajstić information content (AvgIpc) is 2.37. The molecule has 18 heavy (non-hydrogen) atoms. The first-order valence-corrected chi connectivity index (χ1v) is 6.53. The topological polar surface area (TPSA) is 9.23 Å². The molecule has 2 aromatic carbocycles. The molecule has 0 saturated heterocycles. The lowest BCUT2D eigenvalue weighted by Crippen LogP contribution is -2.03. The predicted octanol–water partition coefficient (Wildman–Crippen LogP) is 2.59. The molecule has 0 bridgehead atoms. The van der Waals surface area contributed by atoms with Crippen LogP contribution < -0.4 is 10.2 Å². The van der Waals surface area contributed by atoms with Crippen LogP contribution in [0, 0.1) is 0 Å². The van der Waals surface area contributed by atoms with Gasteiger partial charge in [-0.1, -0.05) is 41.3 Å². The molecule has 0 atom stereocenters. The number of ether oxygens (including phenoxy) is 1. The summed E-state index contributed by atoms with van der Waals surface area (Å²) >= 11 is 6.20. The van der Waals surface area contributed by atoms with Crippen LogP contribution in [0.5, 0.6) is 5.75 Å². The Labute approximate surface area is 114 Å². The van der Waals surface area contributed by atoms with Gasteiger partial charge in [-0.15, -0.1) is 0 Å². The van der Waals surface area contributed by atoms with Crippen molar-refractivity contribution in [2.75, 3.05) is 6.61 Å². The van der Waals surface area contributed by atoms with Gasteiger partial charge in [-0.05, 0) is 42.7 Å². The first kappa shape index (κ1) is 13.0. The molecule has 0 unspecified atom stereocenters. The third kappa shape index (κ3) is 3.30. The summed E-state index contributed by atoms with van der Waals surface area (Å²) < 4.78 is 5.43. The summed E-state index contributed by atoms with van der Waals surface area (Å²) in [5.41, 5.74) is 3.65. The van der Waals surface area contributed by atoms with E-state index in [0.29, 0.717) is 6.61 Å². The molecule has 0 aliphatic carbocycles. The zero-order chi connectivity index (χ0) is 13.0. The summed E-state index contributed by atoms with van der Waals surface area (Å²) in [6, 6.07) is 14.3. The van der Waals surface area contributed by atoms with Crippen LogP contribution >= 0.6 is 11.6 Å². The first-order chi connectivity index (χ1) is 8.69. The Morgan fingerprint density at radius 2 is 1.83 bits per heavy atom. The first-order valence-electron chi connectivity index (χ1n) is 6.16. The Morgan fingerprint density at radius 1 is 1.11 bits per heavy atom. The molecule has 0 aliphatic rings. The van der Waals surface area contributed by atoms with Gasteiger partial charge in [0.1, 0.15) is 13.6 Å². The second-order valence-corrected chi connectivity index (χ2v) is 4.76. The molecule has 3 heteroatoms. The summed E-state index contributed by atoms with van der Waals surface area (Å²) in [7, 11) is 2.08. The Hall–Kier alpha value is -1.41. The molecule has 0 spiro atoms. The molecule has 0 amide bonds. The van der Waals surface area contributed by atoms with Crippen LogP contribution in [-0.4, -0.2) is 14.5 Å². The molecule has 0 saturated carbocycles. The van der Waals surface area contributed by atoms with Crippen LogP contribution in [0.2, 0.25) is 5.02 Å². The third-order valence-electron chi connectivity index (χ3n) is 2.83. The van der Waals surface area contributed by atoms with Gasteiger partial charge >= 0.3 is 0 Å². The van der Waals surface area contributed by atoms with Crippen molar-refractivity contribution in [3.63, 3.8) is 0 Å². The van der Waals surface area contributed by atoms with Gasteiger partial charge in [0.25, 0.3) is 0 Å². The number of hydrogen-bond donors (Lipinski definition) is 0. The molecule has 0 fully saturated rings. The maximum Gasteiger partial charge on any atom is 0.139 e. The Balaban J connectivity index is 2.15. The minimum Gasteiger partial charge on any atom is -0.494 e. The van der Waals surface area contributed by atoms with Gasteiger partial charge < -0.3 is 4.74 Å². The molecule has 0 heterocycles. The summed E-state index contributed by atoms with van der Waals surface area (Å²) in [6.07, 6.45) is 0.854. The lowest BCUT2D eigenvalue weighted by atomic mass is 9.92. The molecule has 0 radical (unpaired) electrons. The zero-order valence-electron chi connectivity index (χ0n) is 10.7. The molecule has 2 aromatic rings. The average molecular weight is 259 g/mol. The van der Waals surface area contributed by atoms with Crippen molar-refractivity contribution in [3.05, 3.63) is 58.6 Å². The van der Waals surface area contributed by atoms with Gasteiger partial charge in [0, 0.05) is 5.02 Å². The van der Waals surface area contributed by atoms with E-state index >= 15 is 0 Å². The monoisotopic (exact) mass is 258 g/mol. The van der Waals surface area contributed by atoms with Crippen molar-refractivity contribution in [3.8, 4) is 5.75 Å². The zero-order valence-corrected chi connectivity index (χ0v) is 11.5. The van der Waals surface area contributed by atoms with Crippen molar-refractivity contribution in [1.82, 2.24) is 0 Å². The summed E-state index contributed by atoms with van der Waals surface area (Å²) in [4.78, 5) is 0. The highest BCUT2D eigenvalue weighted by molar-refractivity contribution is 6.34. The Morgan fingerprint density at radius 3 is 2.50 bits per heavy atom. The fourth-order valence-electron chi connectivity index (χ4n) is 1.93. The quantitative estimate of drug-likeness (QED) is 0.766. The third-order valence-corrected chi connectivity index (χ3v) is 3.20. The molecular weight excluding hydrogens is 242 g/mol. The maximum atomic E-state index is 6.20. The van der Waals surface area contributed by atoms with Crippen molar-refractivity contribution < 1.29 is 4.74 Å². The van der Waals surface area contributed by atoms with E-state index in [9.17, 15) is 0 Å². The van der Waals surface area contributed by atoms with E-state index in [-0.39, 0.29) is 0 Å². The van der Waals surface area contributed by atoms with E-state index < -0.39 is 0 Å². The lowest BCUT2D eigenvalue weighted by molar-refractivity contribution is 0.340. The van der Waals surface area contributed by atoms with E-state index in [4.69, 9.17) is 16.3 Å². The van der Waals surface area contributed by atoms with Crippen molar-refractivity contribution in [2.45, 2.75) is 13.3 Å². The van der Waals surface area contributed by atoms with E-state index in [1.807, 2.05) is 31.2 Å². The standard InChI is InChI=1S/C15H16BClO/c1-2-18-14-6-3-11(4-7-14)9-12-10-13(16)5-8-15(12)17/h3-8,10H,2,9,16H2,1H3. The van der Waals surface area contributed by atoms with Crippen molar-refractivity contribution in [2.24, 2.45) is 0 Å². The molecule has 0 N–H and O–H groups in total. The molecule has 0 aromatic heterocycles. The predicted molar refractivity (Wildman–Crippen MR) is 80.0 cm³/mol. The van der Waals surface area contributed by atoms with Crippen LogP contribution in [-0.2, 0) is 6.42 Å². The van der Waals surface area contributed by atoms with Gasteiger partial charge in [0.15, 0.2) is 0 Å². The molecule has 0 aliphatic heterocycles. The van der Waals surface area contributed by atoms with Crippen LogP contribution in [0.1, 0.15) is 18.1 Å². The fourth-order valence-corrected chi connectivity index (χ4v) is 2.11. The molecule has 92 valence electrons. The van der Waals surface area contributed by atoms with Gasteiger partial charge in [0.05, 0.1) is 6.61 Å². The Bertz CT molecular complexity index is 523. The van der Waals surface area contributed by atoms with E-state index in [1.54, 1.807) is 0 Å². The molecule has 1 nitrogen and oxygen atoms in total. The van der Waals surface area contributed by atoms with Crippen LogP contribution in [0.3, 0.4) is 0 Å². The van der Waals surface area contributed by atoms with E-state index in [2.05, 4.69) is 26.0 Å². The van der Waals surface area contributed by atoms with Gasteiger partial charge in [0.2, 0.25) is 0 Å². The SMILES string of the molecule is Bc1ccc(Cl)c(Cc2ccc(OCC)cc2)c1. The van der Waals surface area contributed by atoms with Gasteiger partial charge in [-0.2, -0.15) is 0 Å². The minimum absolute atomic E-state index is 0.697. The molecular formula is C15H16BClO. The number of hydrogen-bond acceptors (Lipinski definition) is 1. The highest BCUT2D eigenvalue weighted by Crippen LogP contribution is 2.19. The van der Waals surface area contributed by atoms with Crippen molar-refractivity contribution in [1.29, 1.82) is 0 Å². The summed E-state index contributed by atoms with van der Waals surface area (Å²) in [5, 5.41) is 0.828. The second-order valence-electron chi connectivity index (χ2n) is 4.35. The highest BCUT2D eigenvalue weighted by Gasteiger charge is 2.02. The minimum atomic E-state index is 0.697. The number of halogens is 1. The largest absolute Gasteiger partial charge is 0.494 e. The number of benzene rings is 2. The molecule has 2 rings (SSSR count). The maximum absolute atomic E-state index is 6.20. The summed E-state index contributed by atoms with van der Waals surface area (Å²) in [5.74, 6) is 0.914. The van der Waals surface area contributed by atoms with E-state index in [0.717, 1.165) is 17.2 Å². The van der Waals surface area contributed by atoms with E-state index in [1.165, 1.54) is 16.6 Å². The lowest BCUT2D eigenvalue weighted by Gasteiger charge is -2.07. The van der Waals surface area contributed by atoms with Crippen LogP contribution in [0.15, 0.2) is 42.5 Å². The summed E-state index contributed by atoms with van der Waals surface area (Å²) in [6.45, 7) is 2.68. The van der Waals surface area contributed by atoms with Crippen LogP contribution in [0.4, 0.5) is 0 Å². The fraction of sp³-hybridized carbons (Fsp3) is 0.200. The Kier molecular flexibility index (Phi) is 4.32. The highest BCUT2D eigenvalue weighted by atomic mass is 35.5. The van der Waals surface area contributed by atoms with Crippen molar-refractivity contribution >= 4 is 24.9 Å². The number of rotatable bonds is 4. The van der Waals surface area contributed by atoms with Gasteiger partial charge in [-0.25, -0.2) is 0 Å². The normalized spacial score (nSPS) is 10.3. The second kappa shape index (κ2) is 5.97.